The number of halogens is 1. The number of aryl methyl sites for hydroxylation is 1. The van der Waals surface area contributed by atoms with Gasteiger partial charge in [-0.05, 0) is 43.5 Å². The van der Waals surface area contributed by atoms with Crippen molar-refractivity contribution in [2.75, 3.05) is 13.6 Å². The molecule has 0 fully saturated rings. The van der Waals surface area contributed by atoms with Crippen LogP contribution in [0.2, 0.25) is 0 Å². The molecule has 0 bridgehead atoms. The van der Waals surface area contributed by atoms with Gasteiger partial charge in [-0.2, -0.15) is 0 Å². The second kappa shape index (κ2) is 6.59. The lowest BCUT2D eigenvalue weighted by Gasteiger charge is -2.33. The predicted octanol–water partition coefficient (Wildman–Crippen LogP) is 3.35. The minimum absolute atomic E-state index is 0.336. The molecule has 2 aromatic carbocycles. The first-order valence-electron chi connectivity index (χ1n) is 7.84. The standard InChI is InChI=1S/C19H22FNO/c1-21(13-19(22)17-8-4-5-9-18(17)20)16-11-10-14-6-2-3-7-15(14)12-16/h2-9,16,19,22H,10-13H2,1H3. The second-order valence-corrected chi connectivity index (χ2v) is 6.14. The Balaban J connectivity index is 1.66. The third kappa shape index (κ3) is 3.21. The summed E-state index contributed by atoms with van der Waals surface area (Å²) in [5.41, 5.74) is 3.21. The van der Waals surface area contributed by atoms with E-state index in [2.05, 4.69) is 29.2 Å². The Morgan fingerprint density at radius 2 is 1.82 bits per heavy atom. The summed E-state index contributed by atoms with van der Waals surface area (Å²) in [6.45, 7) is 0.452. The third-order valence-corrected chi connectivity index (χ3v) is 4.67. The highest BCUT2D eigenvalue weighted by Gasteiger charge is 2.24. The molecule has 0 heterocycles. The molecule has 3 heteroatoms. The third-order valence-electron chi connectivity index (χ3n) is 4.67. The number of fused-ring (bicyclic) bond motifs is 1. The number of rotatable bonds is 4. The molecule has 2 aromatic rings. The van der Waals surface area contributed by atoms with Crippen molar-refractivity contribution in [1.29, 1.82) is 0 Å². The van der Waals surface area contributed by atoms with E-state index in [1.54, 1.807) is 18.2 Å². The molecule has 0 aliphatic heterocycles. The number of aliphatic hydroxyl groups excluding tert-OH is 1. The Bertz CT molecular complexity index is 643. The molecule has 2 atom stereocenters. The first kappa shape index (κ1) is 15.2. The molecule has 116 valence electrons. The van der Waals surface area contributed by atoms with Crippen LogP contribution in [0.15, 0.2) is 48.5 Å². The molecular formula is C19H22FNO. The average Bonchev–Trinajstić information content (AvgIpc) is 2.54. The van der Waals surface area contributed by atoms with Gasteiger partial charge < -0.3 is 10.0 Å². The lowest BCUT2D eigenvalue weighted by Crippen LogP contribution is -2.39. The van der Waals surface area contributed by atoms with Crippen molar-refractivity contribution >= 4 is 0 Å². The minimum atomic E-state index is -0.789. The zero-order valence-electron chi connectivity index (χ0n) is 12.9. The largest absolute Gasteiger partial charge is 0.387 e. The van der Waals surface area contributed by atoms with Crippen molar-refractivity contribution < 1.29 is 9.50 Å². The smallest absolute Gasteiger partial charge is 0.129 e. The Morgan fingerprint density at radius 3 is 2.59 bits per heavy atom. The second-order valence-electron chi connectivity index (χ2n) is 6.14. The molecule has 0 spiro atoms. The van der Waals surface area contributed by atoms with Crippen LogP contribution in [0.25, 0.3) is 0 Å². The van der Waals surface area contributed by atoms with E-state index < -0.39 is 6.10 Å². The van der Waals surface area contributed by atoms with Crippen LogP contribution in [-0.2, 0) is 12.8 Å². The van der Waals surface area contributed by atoms with Gasteiger partial charge in [0.1, 0.15) is 5.82 Å². The molecular weight excluding hydrogens is 277 g/mol. The number of nitrogens with zero attached hydrogens (tertiary/aromatic N) is 1. The first-order valence-corrected chi connectivity index (χ1v) is 7.84. The fraction of sp³-hybridized carbons (Fsp3) is 0.368. The van der Waals surface area contributed by atoms with Crippen molar-refractivity contribution in [1.82, 2.24) is 4.90 Å². The monoisotopic (exact) mass is 299 g/mol. The van der Waals surface area contributed by atoms with E-state index >= 15 is 0 Å². The maximum absolute atomic E-state index is 13.8. The summed E-state index contributed by atoms with van der Waals surface area (Å²) in [5.74, 6) is -0.336. The number of likely N-dealkylation sites (N-methyl/N-ethyl adjacent to an activating group) is 1. The molecule has 1 aliphatic rings. The average molecular weight is 299 g/mol. The lowest BCUT2D eigenvalue weighted by atomic mass is 9.87. The summed E-state index contributed by atoms with van der Waals surface area (Å²) in [6, 6.07) is 15.4. The van der Waals surface area contributed by atoms with Crippen LogP contribution in [0.1, 0.15) is 29.2 Å². The van der Waals surface area contributed by atoms with Gasteiger partial charge in [0, 0.05) is 18.2 Å². The van der Waals surface area contributed by atoms with Gasteiger partial charge in [-0.1, -0.05) is 42.5 Å². The normalized spacial score (nSPS) is 19.0. The maximum Gasteiger partial charge on any atom is 0.129 e. The fourth-order valence-corrected chi connectivity index (χ4v) is 3.32. The summed E-state index contributed by atoms with van der Waals surface area (Å²) in [5, 5.41) is 10.3. The van der Waals surface area contributed by atoms with Crippen molar-refractivity contribution in [3.63, 3.8) is 0 Å². The van der Waals surface area contributed by atoms with E-state index in [-0.39, 0.29) is 5.82 Å². The highest BCUT2D eigenvalue weighted by Crippen LogP contribution is 2.25. The van der Waals surface area contributed by atoms with Crippen molar-refractivity contribution in [3.05, 3.63) is 71.0 Å². The lowest BCUT2D eigenvalue weighted by molar-refractivity contribution is 0.0968. The van der Waals surface area contributed by atoms with E-state index in [0.717, 1.165) is 19.3 Å². The molecule has 22 heavy (non-hydrogen) atoms. The Labute approximate surface area is 131 Å². The van der Waals surface area contributed by atoms with Gasteiger partial charge in [0.05, 0.1) is 6.10 Å². The van der Waals surface area contributed by atoms with Crippen molar-refractivity contribution in [3.8, 4) is 0 Å². The summed E-state index contributed by atoms with van der Waals surface area (Å²) in [4.78, 5) is 2.16. The van der Waals surface area contributed by atoms with E-state index in [4.69, 9.17) is 0 Å². The van der Waals surface area contributed by atoms with Crippen LogP contribution >= 0.6 is 0 Å². The molecule has 3 rings (SSSR count). The van der Waals surface area contributed by atoms with Gasteiger partial charge in [0.2, 0.25) is 0 Å². The van der Waals surface area contributed by atoms with Crippen LogP contribution < -0.4 is 0 Å². The molecule has 0 saturated heterocycles. The number of hydrogen-bond acceptors (Lipinski definition) is 2. The van der Waals surface area contributed by atoms with Gasteiger partial charge >= 0.3 is 0 Å². The van der Waals surface area contributed by atoms with E-state index in [1.807, 2.05) is 7.05 Å². The maximum atomic E-state index is 13.8. The van der Waals surface area contributed by atoms with Crippen LogP contribution in [0.4, 0.5) is 4.39 Å². The SMILES string of the molecule is CN(CC(O)c1ccccc1F)C1CCc2ccccc2C1. The van der Waals surface area contributed by atoms with Crippen LogP contribution in [-0.4, -0.2) is 29.6 Å². The van der Waals surface area contributed by atoms with Crippen molar-refractivity contribution in [2.24, 2.45) is 0 Å². The number of benzene rings is 2. The minimum Gasteiger partial charge on any atom is -0.387 e. The quantitative estimate of drug-likeness (QED) is 0.936. The molecule has 1 N–H and O–H groups in total. The number of hydrogen-bond donors (Lipinski definition) is 1. The van der Waals surface area contributed by atoms with Gasteiger partial charge in [-0.25, -0.2) is 4.39 Å². The van der Waals surface area contributed by atoms with Crippen LogP contribution in [0.3, 0.4) is 0 Å². The molecule has 0 saturated carbocycles. The summed E-state index contributed by atoms with van der Waals surface area (Å²) >= 11 is 0. The molecule has 0 amide bonds. The van der Waals surface area contributed by atoms with E-state index in [0.29, 0.717) is 18.2 Å². The molecule has 1 aliphatic carbocycles. The van der Waals surface area contributed by atoms with Crippen molar-refractivity contribution in [2.45, 2.75) is 31.4 Å². The number of aliphatic hydroxyl groups is 1. The first-order chi connectivity index (χ1) is 10.6. The zero-order chi connectivity index (χ0) is 15.5. The topological polar surface area (TPSA) is 23.5 Å². The fourth-order valence-electron chi connectivity index (χ4n) is 3.32. The Kier molecular flexibility index (Phi) is 4.55. The predicted molar refractivity (Wildman–Crippen MR) is 86.2 cm³/mol. The highest BCUT2D eigenvalue weighted by molar-refractivity contribution is 5.30. The van der Waals surface area contributed by atoms with Gasteiger partial charge in [0.15, 0.2) is 0 Å². The summed E-state index contributed by atoms with van der Waals surface area (Å²) < 4.78 is 13.8. The Morgan fingerprint density at radius 1 is 1.14 bits per heavy atom. The Hall–Kier alpha value is -1.71. The van der Waals surface area contributed by atoms with Crippen LogP contribution in [0, 0.1) is 5.82 Å². The van der Waals surface area contributed by atoms with Gasteiger partial charge in [-0.3, -0.25) is 0 Å². The van der Waals surface area contributed by atoms with E-state index in [9.17, 15) is 9.50 Å². The van der Waals surface area contributed by atoms with E-state index in [1.165, 1.54) is 17.2 Å². The summed E-state index contributed by atoms with van der Waals surface area (Å²) in [6.07, 6.45) is 2.36. The zero-order valence-corrected chi connectivity index (χ0v) is 12.9. The molecule has 2 unspecified atom stereocenters. The summed E-state index contributed by atoms with van der Waals surface area (Å²) in [7, 11) is 2.02. The van der Waals surface area contributed by atoms with Crippen LogP contribution in [0.5, 0.6) is 0 Å². The molecule has 0 radical (unpaired) electrons. The molecule has 2 nitrogen and oxygen atoms in total. The van der Waals surface area contributed by atoms with Gasteiger partial charge in [-0.15, -0.1) is 0 Å². The highest BCUT2D eigenvalue weighted by atomic mass is 19.1. The molecule has 0 aromatic heterocycles. The van der Waals surface area contributed by atoms with Gasteiger partial charge in [0.25, 0.3) is 0 Å².